The molecular formula is C30H27ClN4O3S2. The molecule has 0 unspecified atom stereocenters. The molecule has 0 radical (unpaired) electrons. The van der Waals surface area contributed by atoms with E-state index in [-0.39, 0.29) is 16.9 Å². The van der Waals surface area contributed by atoms with Crippen molar-refractivity contribution in [3.63, 3.8) is 0 Å². The minimum atomic E-state index is -0.329. The Morgan fingerprint density at radius 2 is 1.68 bits per heavy atom. The van der Waals surface area contributed by atoms with Crippen molar-refractivity contribution in [2.24, 2.45) is 0 Å². The number of hydrogen-bond acceptors (Lipinski definition) is 6. The maximum Gasteiger partial charge on any atom is 0.264 e. The monoisotopic (exact) mass is 590 g/mol. The van der Waals surface area contributed by atoms with Crippen LogP contribution in [-0.2, 0) is 6.61 Å². The number of thiophene rings is 1. The molecule has 0 atom stereocenters. The summed E-state index contributed by atoms with van der Waals surface area (Å²) in [6.07, 6.45) is 0. The molecule has 0 aliphatic carbocycles. The largest absolute Gasteiger partial charge is 0.489 e. The molecule has 1 aromatic heterocycles. The van der Waals surface area contributed by atoms with Crippen LogP contribution < -0.4 is 20.3 Å². The molecule has 0 spiro atoms. The summed E-state index contributed by atoms with van der Waals surface area (Å²) in [5, 5.41) is 8.36. The summed E-state index contributed by atoms with van der Waals surface area (Å²) in [6, 6.07) is 26.1. The Morgan fingerprint density at radius 3 is 2.35 bits per heavy atom. The number of hydrogen-bond donors (Lipinski definition) is 2. The first kappa shape index (κ1) is 27.6. The van der Waals surface area contributed by atoms with Crippen LogP contribution in [0.2, 0.25) is 5.02 Å². The molecule has 0 saturated carbocycles. The lowest BCUT2D eigenvalue weighted by Gasteiger charge is -2.36. The number of piperazine rings is 1. The van der Waals surface area contributed by atoms with Crippen LogP contribution in [0.3, 0.4) is 0 Å². The summed E-state index contributed by atoms with van der Waals surface area (Å²) in [6.45, 7) is 3.09. The zero-order valence-electron chi connectivity index (χ0n) is 21.5. The van der Waals surface area contributed by atoms with Gasteiger partial charge in [0.15, 0.2) is 5.11 Å². The molecule has 204 valence electrons. The molecule has 3 aromatic carbocycles. The molecule has 1 fully saturated rings. The number of nitrogens with zero attached hydrogens (tertiary/aromatic N) is 2. The Balaban J connectivity index is 1.10. The summed E-state index contributed by atoms with van der Waals surface area (Å²) in [5.74, 6) is 0.416. The highest BCUT2D eigenvalue weighted by atomic mass is 35.5. The van der Waals surface area contributed by atoms with Crippen LogP contribution in [0.5, 0.6) is 5.75 Å². The predicted octanol–water partition coefficient (Wildman–Crippen LogP) is 6.07. The standard InChI is InChI=1S/C30H27ClN4O3S2/c31-25-19-23(10-13-26(25)34-14-16-35(17-15-34)29(37)27-7-4-18-40-27)32-30(39)33-28(36)22-8-11-24(12-9-22)38-20-21-5-2-1-3-6-21/h1-13,18-19H,14-17,20H2,(H2,32,33,36,39). The smallest absolute Gasteiger partial charge is 0.264 e. The topological polar surface area (TPSA) is 73.9 Å². The number of amides is 2. The molecule has 5 rings (SSSR count). The molecule has 1 aliphatic heterocycles. The van der Waals surface area contributed by atoms with Gasteiger partial charge < -0.3 is 19.9 Å². The molecule has 40 heavy (non-hydrogen) atoms. The van der Waals surface area contributed by atoms with Gasteiger partial charge in [0.05, 0.1) is 15.6 Å². The van der Waals surface area contributed by atoms with E-state index in [1.807, 2.05) is 64.9 Å². The lowest BCUT2D eigenvalue weighted by atomic mass is 10.2. The first-order valence-corrected chi connectivity index (χ1v) is 14.4. The Morgan fingerprint density at radius 1 is 0.925 bits per heavy atom. The van der Waals surface area contributed by atoms with Gasteiger partial charge in [0.25, 0.3) is 11.8 Å². The normalized spacial score (nSPS) is 13.0. The average Bonchev–Trinajstić information content (AvgIpc) is 3.52. The summed E-state index contributed by atoms with van der Waals surface area (Å²) in [4.78, 5) is 30.1. The van der Waals surface area contributed by atoms with Crippen LogP contribution in [0, 0.1) is 0 Å². The molecular weight excluding hydrogens is 564 g/mol. The Labute approximate surface area is 247 Å². The van der Waals surface area contributed by atoms with Gasteiger partial charge in [-0.1, -0.05) is 48.0 Å². The summed E-state index contributed by atoms with van der Waals surface area (Å²) in [7, 11) is 0. The minimum absolute atomic E-state index is 0.0724. The second-order valence-corrected chi connectivity index (χ2v) is 10.9. The first-order valence-electron chi connectivity index (χ1n) is 12.7. The lowest BCUT2D eigenvalue weighted by Crippen LogP contribution is -2.48. The van der Waals surface area contributed by atoms with Crippen molar-refractivity contribution in [2.45, 2.75) is 6.61 Å². The second kappa shape index (κ2) is 13.0. The third kappa shape index (κ3) is 6.98. The molecule has 1 saturated heterocycles. The van der Waals surface area contributed by atoms with Crippen LogP contribution >= 0.6 is 35.2 Å². The maximum atomic E-state index is 12.7. The van der Waals surface area contributed by atoms with E-state index < -0.39 is 0 Å². The van der Waals surface area contributed by atoms with E-state index in [9.17, 15) is 9.59 Å². The fourth-order valence-corrected chi connectivity index (χ4v) is 5.53. The van der Waals surface area contributed by atoms with Crippen LogP contribution in [0.25, 0.3) is 0 Å². The third-order valence-electron chi connectivity index (χ3n) is 6.44. The first-order chi connectivity index (χ1) is 19.5. The van der Waals surface area contributed by atoms with Crippen LogP contribution in [0.15, 0.2) is 90.3 Å². The summed E-state index contributed by atoms with van der Waals surface area (Å²) in [5.41, 5.74) is 3.08. The van der Waals surface area contributed by atoms with Gasteiger partial charge in [0, 0.05) is 37.4 Å². The van der Waals surface area contributed by atoms with Crippen molar-refractivity contribution in [3.05, 3.63) is 111 Å². The fraction of sp³-hybridized carbons (Fsp3) is 0.167. The maximum absolute atomic E-state index is 12.7. The fourth-order valence-electron chi connectivity index (χ4n) is 4.33. The van der Waals surface area contributed by atoms with E-state index in [2.05, 4.69) is 15.5 Å². The number of nitrogens with one attached hydrogen (secondary N) is 2. The van der Waals surface area contributed by atoms with Gasteiger partial charge in [-0.2, -0.15) is 0 Å². The van der Waals surface area contributed by atoms with Gasteiger partial charge in [0.1, 0.15) is 12.4 Å². The number of ether oxygens (including phenoxy) is 1. The van der Waals surface area contributed by atoms with Crippen LogP contribution in [0.4, 0.5) is 11.4 Å². The van der Waals surface area contributed by atoms with E-state index in [1.54, 1.807) is 30.3 Å². The Bertz CT molecular complexity index is 1470. The highest BCUT2D eigenvalue weighted by Gasteiger charge is 2.24. The lowest BCUT2D eigenvalue weighted by molar-refractivity contribution is 0.0751. The van der Waals surface area contributed by atoms with E-state index in [0.29, 0.717) is 54.8 Å². The molecule has 2 N–H and O–H groups in total. The van der Waals surface area contributed by atoms with Gasteiger partial charge in [-0.3, -0.25) is 14.9 Å². The predicted molar refractivity (Wildman–Crippen MR) is 165 cm³/mol. The number of thiocarbonyl (C=S) groups is 1. The number of halogens is 1. The number of carbonyl (C=O) groups is 2. The van der Waals surface area contributed by atoms with Gasteiger partial charge in [-0.25, -0.2) is 0 Å². The zero-order chi connectivity index (χ0) is 27.9. The van der Waals surface area contributed by atoms with Gasteiger partial charge >= 0.3 is 0 Å². The second-order valence-electron chi connectivity index (χ2n) is 9.13. The highest BCUT2D eigenvalue weighted by molar-refractivity contribution is 7.80. The SMILES string of the molecule is O=C(NC(=S)Nc1ccc(N2CCN(C(=O)c3cccs3)CC2)c(Cl)c1)c1ccc(OCc2ccccc2)cc1. The van der Waals surface area contributed by atoms with E-state index in [0.717, 1.165) is 16.1 Å². The highest BCUT2D eigenvalue weighted by Crippen LogP contribution is 2.30. The van der Waals surface area contributed by atoms with E-state index >= 15 is 0 Å². The van der Waals surface area contributed by atoms with Gasteiger partial charge in [-0.05, 0) is 71.7 Å². The number of carbonyl (C=O) groups excluding carboxylic acids is 2. The number of anilines is 2. The average molecular weight is 591 g/mol. The minimum Gasteiger partial charge on any atom is -0.489 e. The molecule has 4 aromatic rings. The molecule has 7 nitrogen and oxygen atoms in total. The van der Waals surface area contributed by atoms with Crippen molar-refractivity contribution < 1.29 is 14.3 Å². The summed E-state index contributed by atoms with van der Waals surface area (Å²) >= 11 is 13.4. The molecule has 1 aliphatic rings. The van der Waals surface area contributed by atoms with Gasteiger partial charge in [0.2, 0.25) is 0 Å². The third-order valence-corrected chi connectivity index (χ3v) is 7.80. The summed E-state index contributed by atoms with van der Waals surface area (Å²) < 4.78 is 5.78. The Hall–Kier alpha value is -3.92. The van der Waals surface area contributed by atoms with E-state index in [4.69, 9.17) is 28.6 Å². The van der Waals surface area contributed by atoms with Crippen molar-refractivity contribution in [1.82, 2.24) is 10.2 Å². The van der Waals surface area contributed by atoms with Crippen molar-refractivity contribution >= 4 is 63.5 Å². The molecule has 2 heterocycles. The van der Waals surface area contributed by atoms with Crippen molar-refractivity contribution in [1.29, 1.82) is 0 Å². The number of rotatable bonds is 7. The quantitative estimate of drug-likeness (QED) is 0.255. The molecule has 2 amide bonds. The van der Waals surface area contributed by atoms with Crippen molar-refractivity contribution in [2.75, 3.05) is 36.4 Å². The van der Waals surface area contributed by atoms with Crippen LogP contribution in [0.1, 0.15) is 25.6 Å². The zero-order valence-corrected chi connectivity index (χ0v) is 23.9. The van der Waals surface area contributed by atoms with Gasteiger partial charge in [-0.15, -0.1) is 11.3 Å². The van der Waals surface area contributed by atoms with E-state index in [1.165, 1.54) is 11.3 Å². The van der Waals surface area contributed by atoms with Crippen molar-refractivity contribution in [3.8, 4) is 5.75 Å². The number of benzene rings is 3. The van der Waals surface area contributed by atoms with Crippen LogP contribution in [-0.4, -0.2) is 48.0 Å². The molecule has 0 bridgehead atoms. The molecule has 10 heteroatoms. The Kier molecular flexibility index (Phi) is 8.95.